The van der Waals surface area contributed by atoms with E-state index in [1.165, 1.54) is 7.11 Å². The molecule has 5 heteroatoms. The van der Waals surface area contributed by atoms with Crippen LogP contribution in [-0.4, -0.2) is 29.3 Å². The molecular weight excluding hydrogens is 290 g/mol. The Kier molecular flexibility index (Phi) is 4.49. The van der Waals surface area contributed by atoms with Gasteiger partial charge in [-0.25, -0.2) is 4.98 Å². The van der Waals surface area contributed by atoms with Crippen LogP contribution in [0.15, 0.2) is 67.1 Å². The quantitative estimate of drug-likeness (QED) is 0.737. The number of carbonyl (C=O) groups is 1. The molecule has 0 bridgehead atoms. The summed E-state index contributed by atoms with van der Waals surface area (Å²) in [7, 11) is 1.52. The molecule has 1 amide bonds. The Bertz CT molecular complexity index is 797. The molecule has 1 aromatic heterocycles. The monoisotopic (exact) mass is 307 g/mol. The summed E-state index contributed by atoms with van der Waals surface area (Å²) in [6, 6.07) is 18.2. The van der Waals surface area contributed by atoms with Crippen molar-refractivity contribution in [2.75, 3.05) is 13.8 Å². The fourth-order valence-corrected chi connectivity index (χ4v) is 2.29. The molecule has 0 fully saturated rings. The number of amides is 1. The number of benzene rings is 2. The molecular formula is C18H17N3O2. The summed E-state index contributed by atoms with van der Waals surface area (Å²) in [6.07, 6.45) is 3.33. The third-order valence-electron chi connectivity index (χ3n) is 3.44. The lowest BCUT2D eigenvalue weighted by atomic mass is 10.1. The van der Waals surface area contributed by atoms with Crippen LogP contribution in [0.2, 0.25) is 0 Å². The van der Waals surface area contributed by atoms with Crippen LogP contribution in [0.5, 0.6) is 0 Å². The topological polar surface area (TPSA) is 56.1 Å². The Morgan fingerprint density at radius 3 is 2.70 bits per heavy atom. The Balaban J connectivity index is 1.85. The molecule has 0 aliphatic heterocycles. The maximum atomic E-state index is 11.9. The van der Waals surface area contributed by atoms with Crippen LogP contribution < -0.4 is 5.32 Å². The van der Waals surface area contributed by atoms with E-state index in [1.54, 1.807) is 12.5 Å². The summed E-state index contributed by atoms with van der Waals surface area (Å²) >= 11 is 0. The van der Waals surface area contributed by atoms with Gasteiger partial charge in [0.15, 0.2) is 0 Å². The maximum Gasteiger partial charge on any atom is 0.273 e. The van der Waals surface area contributed by atoms with Crippen LogP contribution in [0.1, 0.15) is 10.5 Å². The van der Waals surface area contributed by atoms with Gasteiger partial charge < -0.3 is 14.6 Å². The molecule has 3 aromatic rings. The molecule has 1 N–H and O–H groups in total. The van der Waals surface area contributed by atoms with Gasteiger partial charge in [-0.1, -0.05) is 42.5 Å². The number of nitrogens with one attached hydrogen (secondary N) is 1. The van der Waals surface area contributed by atoms with E-state index < -0.39 is 0 Å². The van der Waals surface area contributed by atoms with Crippen molar-refractivity contribution in [3.63, 3.8) is 0 Å². The normalized spacial score (nSPS) is 10.5. The molecule has 23 heavy (non-hydrogen) atoms. The standard InChI is InChI=1S/C18H17N3O2/c1-23-13-20-18(22)17-11-21(12-19-17)16-9-5-8-15(10-16)14-6-3-2-4-7-14/h2-12H,13H2,1H3,(H,20,22). The van der Waals surface area contributed by atoms with Crippen molar-refractivity contribution in [2.45, 2.75) is 0 Å². The lowest BCUT2D eigenvalue weighted by Gasteiger charge is -2.06. The van der Waals surface area contributed by atoms with Gasteiger partial charge in [0.25, 0.3) is 5.91 Å². The first-order chi connectivity index (χ1) is 11.3. The first-order valence-electron chi connectivity index (χ1n) is 7.25. The summed E-state index contributed by atoms with van der Waals surface area (Å²) in [4.78, 5) is 16.0. The number of methoxy groups -OCH3 is 1. The van der Waals surface area contributed by atoms with E-state index in [9.17, 15) is 4.79 Å². The van der Waals surface area contributed by atoms with Crippen molar-refractivity contribution in [3.05, 3.63) is 72.8 Å². The fourth-order valence-electron chi connectivity index (χ4n) is 2.29. The van der Waals surface area contributed by atoms with E-state index >= 15 is 0 Å². The molecule has 0 saturated heterocycles. The second-order valence-electron chi connectivity index (χ2n) is 5.02. The molecule has 0 aliphatic rings. The Labute approximate surface area is 134 Å². The van der Waals surface area contributed by atoms with Gasteiger partial charge in [-0.15, -0.1) is 0 Å². The van der Waals surface area contributed by atoms with Crippen molar-refractivity contribution in [2.24, 2.45) is 0 Å². The number of hydrogen-bond acceptors (Lipinski definition) is 3. The molecule has 5 nitrogen and oxygen atoms in total. The highest BCUT2D eigenvalue weighted by atomic mass is 16.5. The number of ether oxygens (including phenoxy) is 1. The van der Waals surface area contributed by atoms with E-state index in [-0.39, 0.29) is 12.6 Å². The zero-order valence-corrected chi connectivity index (χ0v) is 12.8. The highest BCUT2D eigenvalue weighted by molar-refractivity contribution is 5.92. The fraction of sp³-hybridized carbons (Fsp3) is 0.111. The third-order valence-corrected chi connectivity index (χ3v) is 3.44. The van der Waals surface area contributed by atoms with Gasteiger partial charge in [0.2, 0.25) is 0 Å². The highest BCUT2D eigenvalue weighted by Crippen LogP contribution is 2.21. The average molecular weight is 307 g/mol. The van der Waals surface area contributed by atoms with Crippen molar-refractivity contribution in [1.29, 1.82) is 0 Å². The van der Waals surface area contributed by atoms with E-state index in [1.807, 2.05) is 34.9 Å². The summed E-state index contributed by atoms with van der Waals surface area (Å²) < 4.78 is 6.65. The SMILES string of the molecule is COCNC(=O)c1cn(-c2cccc(-c3ccccc3)c2)cn1. The third kappa shape index (κ3) is 3.46. The van der Waals surface area contributed by atoms with Crippen LogP contribution in [-0.2, 0) is 4.74 Å². The van der Waals surface area contributed by atoms with Crippen LogP contribution >= 0.6 is 0 Å². The van der Waals surface area contributed by atoms with Gasteiger partial charge in [-0.3, -0.25) is 4.79 Å². The van der Waals surface area contributed by atoms with Crippen molar-refractivity contribution in [3.8, 4) is 16.8 Å². The number of rotatable bonds is 5. The zero-order valence-electron chi connectivity index (χ0n) is 12.8. The number of nitrogens with zero attached hydrogens (tertiary/aromatic N) is 2. The summed E-state index contributed by atoms with van der Waals surface area (Å²) in [5.74, 6) is -0.259. The zero-order chi connectivity index (χ0) is 16.1. The Morgan fingerprint density at radius 2 is 1.91 bits per heavy atom. The molecule has 0 spiro atoms. The first-order valence-corrected chi connectivity index (χ1v) is 7.25. The van der Waals surface area contributed by atoms with Gasteiger partial charge in [-0.05, 0) is 23.3 Å². The molecule has 0 atom stereocenters. The van der Waals surface area contributed by atoms with E-state index in [4.69, 9.17) is 4.74 Å². The average Bonchev–Trinajstić information content (AvgIpc) is 3.11. The smallest absolute Gasteiger partial charge is 0.273 e. The minimum atomic E-state index is -0.259. The van der Waals surface area contributed by atoms with Crippen LogP contribution in [0, 0.1) is 0 Å². The van der Waals surface area contributed by atoms with E-state index in [0.717, 1.165) is 16.8 Å². The number of imidazole rings is 1. The van der Waals surface area contributed by atoms with Gasteiger partial charge in [0.1, 0.15) is 18.8 Å². The van der Waals surface area contributed by atoms with Gasteiger partial charge in [0, 0.05) is 19.0 Å². The molecule has 0 radical (unpaired) electrons. The Hall–Kier alpha value is -2.92. The largest absolute Gasteiger partial charge is 0.364 e. The molecule has 0 aliphatic carbocycles. The lowest BCUT2D eigenvalue weighted by Crippen LogP contribution is -2.25. The highest BCUT2D eigenvalue weighted by Gasteiger charge is 2.09. The van der Waals surface area contributed by atoms with Crippen molar-refractivity contribution >= 4 is 5.91 Å². The number of hydrogen-bond donors (Lipinski definition) is 1. The number of carbonyl (C=O) groups excluding carboxylic acids is 1. The van der Waals surface area contributed by atoms with Crippen LogP contribution in [0.4, 0.5) is 0 Å². The molecule has 3 rings (SSSR count). The minimum absolute atomic E-state index is 0.162. The maximum absolute atomic E-state index is 11.9. The first kappa shape index (κ1) is 15.0. The minimum Gasteiger partial charge on any atom is -0.364 e. The predicted molar refractivity (Wildman–Crippen MR) is 88.3 cm³/mol. The van der Waals surface area contributed by atoms with Crippen molar-refractivity contribution < 1.29 is 9.53 Å². The molecule has 1 heterocycles. The molecule has 116 valence electrons. The van der Waals surface area contributed by atoms with E-state index in [0.29, 0.717) is 5.69 Å². The molecule has 2 aromatic carbocycles. The number of aromatic nitrogens is 2. The van der Waals surface area contributed by atoms with Gasteiger partial charge >= 0.3 is 0 Å². The predicted octanol–water partition coefficient (Wildman–Crippen LogP) is 2.87. The molecule has 0 unspecified atom stereocenters. The second-order valence-corrected chi connectivity index (χ2v) is 5.02. The van der Waals surface area contributed by atoms with E-state index in [2.05, 4.69) is 34.6 Å². The van der Waals surface area contributed by atoms with Crippen molar-refractivity contribution in [1.82, 2.24) is 14.9 Å². The summed E-state index contributed by atoms with van der Waals surface area (Å²) in [5, 5.41) is 2.61. The van der Waals surface area contributed by atoms with Crippen LogP contribution in [0.25, 0.3) is 16.8 Å². The van der Waals surface area contributed by atoms with Gasteiger partial charge in [0.05, 0.1) is 0 Å². The van der Waals surface area contributed by atoms with Crippen LogP contribution in [0.3, 0.4) is 0 Å². The second kappa shape index (κ2) is 6.89. The summed E-state index contributed by atoms with van der Waals surface area (Å²) in [5.41, 5.74) is 3.56. The lowest BCUT2D eigenvalue weighted by molar-refractivity contribution is 0.0867. The Morgan fingerprint density at radius 1 is 1.13 bits per heavy atom. The molecule has 0 saturated carbocycles. The summed E-state index contributed by atoms with van der Waals surface area (Å²) in [6.45, 7) is 0.162. The van der Waals surface area contributed by atoms with Gasteiger partial charge in [-0.2, -0.15) is 0 Å².